The third-order valence-electron chi connectivity index (χ3n) is 2.12. The first-order chi connectivity index (χ1) is 8.58. The van der Waals surface area contributed by atoms with Crippen molar-refractivity contribution in [1.29, 1.82) is 5.26 Å². The molecule has 0 atom stereocenters. The van der Waals surface area contributed by atoms with Gasteiger partial charge in [-0.25, -0.2) is 9.37 Å². The Morgan fingerprint density at radius 2 is 2.22 bits per heavy atom. The summed E-state index contributed by atoms with van der Waals surface area (Å²) in [5.41, 5.74) is 0.539. The van der Waals surface area contributed by atoms with E-state index in [0.717, 1.165) is 17.8 Å². The molecule has 18 heavy (non-hydrogen) atoms. The van der Waals surface area contributed by atoms with Crippen LogP contribution in [0.15, 0.2) is 39.1 Å². The second kappa shape index (κ2) is 5.02. The molecule has 0 radical (unpaired) electrons. The fourth-order valence-electron chi connectivity index (χ4n) is 1.38. The molecule has 2 rings (SSSR count). The highest BCUT2D eigenvalue weighted by molar-refractivity contribution is 7.99. The van der Waals surface area contributed by atoms with Gasteiger partial charge in [0.2, 0.25) is 0 Å². The molecule has 1 heterocycles. The molecule has 4 nitrogen and oxygen atoms in total. The minimum absolute atomic E-state index is 0.212. The van der Waals surface area contributed by atoms with Crippen molar-refractivity contribution in [2.45, 2.75) is 17.0 Å². The molecule has 0 saturated heterocycles. The van der Waals surface area contributed by atoms with Gasteiger partial charge in [0.05, 0.1) is 5.56 Å². The number of nitrogens with zero attached hydrogens (tertiary/aromatic N) is 2. The molecule has 0 bridgehead atoms. The van der Waals surface area contributed by atoms with E-state index in [0.29, 0.717) is 15.7 Å². The van der Waals surface area contributed by atoms with Crippen LogP contribution in [0, 0.1) is 24.1 Å². The summed E-state index contributed by atoms with van der Waals surface area (Å²) in [7, 11) is 0. The lowest BCUT2D eigenvalue weighted by Crippen LogP contribution is -2.07. The molecule has 0 saturated carbocycles. The summed E-state index contributed by atoms with van der Waals surface area (Å²) in [5.74, 6) is -0.471. The maximum absolute atomic E-state index is 13.0. The fourth-order valence-corrected chi connectivity index (χ4v) is 2.28. The highest BCUT2D eigenvalue weighted by atomic mass is 32.2. The number of nitriles is 1. The maximum Gasteiger partial charge on any atom is 0.251 e. The second-order valence-corrected chi connectivity index (χ2v) is 4.58. The van der Waals surface area contributed by atoms with E-state index in [1.165, 1.54) is 18.2 Å². The molecular weight excluding hydrogens is 253 g/mol. The highest BCUT2D eigenvalue weighted by Gasteiger charge is 2.07. The van der Waals surface area contributed by atoms with Gasteiger partial charge >= 0.3 is 0 Å². The van der Waals surface area contributed by atoms with Crippen molar-refractivity contribution in [2.75, 3.05) is 0 Å². The van der Waals surface area contributed by atoms with Gasteiger partial charge < -0.3 is 4.98 Å². The van der Waals surface area contributed by atoms with E-state index in [4.69, 9.17) is 5.26 Å². The average molecular weight is 261 g/mol. The number of rotatable bonds is 2. The van der Waals surface area contributed by atoms with Crippen LogP contribution in [0.25, 0.3) is 0 Å². The number of H-pyrrole nitrogens is 1. The summed E-state index contributed by atoms with van der Waals surface area (Å²) in [6.07, 6.45) is 0. The number of halogens is 1. The zero-order chi connectivity index (χ0) is 13.1. The first-order valence-electron chi connectivity index (χ1n) is 5.04. The predicted octanol–water partition coefficient (Wildman–Crippen LogP) is 2.24. The number of aryl methyl sites for hydroxylation is 1. The van der Waals surface area contributed by atoms with Crippen molar-refractivity contribution < 1.29 is 4.39 Å². The van der Waals surface area contributed by atoms with Crippen molar-refractivity contribution in [2.24, 2.45) is 0 Å². The molecule has 0 amide bonds. The minimum Gasteiger partial charge on any atom is -0.301 e. The van der Waals surface area contributed by atoms with Gasteiger partial charge in [-0.1, -0.05) is 11.8 Å². The van der Waals surface area contributed by atoms with Crippen LogP contribution in [0.3, 0.4) is 0 Å². The van der Waals surface area contributed by atoms with Crippen LogP contribution < -0.4 is 5.56 Å². The van der Waals surface area contributed by atoms with Gasteiger partial charge in [0.25, 0.3) is 5.56 Å². The lowest BCUT2D eigenvalue weighted by atomic mass is 10.2. The molecular formula is C12H8FN3OS. The van der Waals surface area contributed by atoms with E-state index in [9.17, 15) is 9.18 Å². The molecule has 0 aliphatic heterocycles. The van der Waals surface area contributed by atoms with Gasteiger partial charge in [-0.05, 0) is 25.1 Å². The monoisotopic (exact) mass is 261 g/mol. The Balaban J connectivity index is 2.40. The Kier molecular flexibility index (Phi) is 3.44. The van der Waals surface area contributed by atoms with Crippen LogP contribution in [-0.4, -0.2) is 9.97 Å². The van der Waals surface area contributed by atoms with Crippen LogP contribution in [0.1, 0.15) is 11.3 Å². The fraction of sp³-hybridized carbons (Fsp3) is 0.0833. The Labute approximate surface area is 107 Å². The molecule has 0 aliphatic carbocycles. The van der Waals surface area contributed by atoms with E-state index in [1.807, 2.05) is 6.07 Å². The molecule has 0 aliphatic rings. The molecule has 1 N–H and O–H groups in total. The van der Waals surface area contributed by atoms with Crippen molar-refractivity contribution in [1.82, 2.24) is 9.97 Å². The Morgan fingerprint density at radius 3 is 2.89 bits per heavy atom. The minimum atomic E-state index is -0.471. The van der Waals surface area contributed by atoms with Gasteiger partial charge in [0.15, 0.2) is 5.16 Å². The standard InChI is InChI=1S/C12H8FN3OS/c1-7-4-11(17)16-12(15-7)18-10-3-2-9(13)5-8(10)6-14/h2-5H,1H3,(H,15,16,17). The van der Waals surface area contributed by atoms with Gasteiger partial charge in [0, 0.05) is 16.7 Å². The Morgan fingerprint density at radius 1 is 1.44 bits per heavy atom. The van der Waals surface area contributed by atoms with Crippen LogP contribution in [-0.2, 0) is 0 Å². The number of aromatic amines is 1. The third kappa shape index (κ3) is 2.76. The normalized spacial score (nSPS) is 10.1. The SMILES string of the molecule is Cc1cc(=O)[nH]c(Sc2ccc(F)cc2C#N)n1. The number of benzene rings is 1. The number of aromatic nitrogens is 2. The van der Waals surface area contributed by atoms with E-state index >= 15 is 0 Å². The summed E-state index contributed by atoms with van der Waals surface area (Å²) in [6, 6.07) is 7.18. The summed E-state index contributed by atoms with van der Waals surface area (Å²) in [4.78, 5) is 18.5. The smallest absolute Gasteiger partial charge is 0.251 e. The topological polar surface area (TPSA) is 69.5 Å². The molecule has 0 unspecified atom stereocenters. The zero-order valence-electron chi connectivity index (χ0n) is 9.40. The average Bonchev–Trinajstić information content (AvgIpc) is 2.30. The first-order valence-corrected chi connectivity index (χ1v) is 5.85. The largest absolute Gasteiger partial charge is 0.301 e. The van der Waals surface area contributed by atoms with E-state index < -0.39 is 5.82 Å². The quantitative estimate of drug-likeness (QED) is 0.842. The van der Waals surface area contributed by atoms with Crippen LogP contribution in [0.2, 0.25) is 0 Å². The van der Waals surface area contributed by atoms with E-state index in [2.05, 4.69) is 9.97 Å². The van der Waals surface area contributed by atoms with Crippen molar-refractivity contribution >= 4 is 11.8 Å². The van der Waals surface area contributed by atoms with Gasteiger partial charge in [-0.15, -0.1) is 0 Å². The van der Waals surface area contributed by atoms with Crippen molar-refractivity contribution in [3.63, 3.8) is 0 Å². The summed E-state index contributed by atoms with van der Waals surface area (Å²) in [5, 5.41) is 9.29. The van der Waals surface area contributed by atoms with Crippen LogP contribution >= 0.6 is 11.8 Å². The zero-order valence-corrected chi connectivity index (χ0v) is 10.2. The van der Waals surface area contributed by atoms with Gasteiger partial charge in [-0.3, -0.25) is 4.79 Å². The molecule has 0 spiro atoms. The number of hydrogen-bond donors (Lipinski definition) is 1. The summed E-state index contributed by atoms with van der Waals surface area (Å²) < 4.78 is 13.0. The lowest BCUT2D eigenvalue weighted by molar-refractivity contribution is 0.626. The Bertz CT molecular complexity index is 690. The number of nitrogens with one attached hydrogen (secondary N) is 1. The first kappa shape index (κ1) is 12.3. The second-order valence-electron chi connectivity index (χ2n) is 3.55. The van der Waals surface area contributed by atoms with E-state index in [1.54, 1.807) is 6.92 Å². The summed E-state index contributed by atoms with van der Waals surface area (Å²) in [6.45, 7) is 1.70. The van der Waals surface area contributed by atoms with Gasteiger partial charge in [-0.2, -0.15) is 5.26 Å². The highest BCUT2D eigenvalue weighted by Crippen LogP contribution is 2.27. The molecule has 0 fully saturated rings. The predicted molar refractivity (Wildman–Crippen MR) is 64.8 cm³/mol. The maximum atomic E-state index is 13.0. The van der Waals surface area contributed by atoms with E-state index in [-0.39, 0.29) is 11.1 Å². The molecule has 1 aromatic carbocycles. The third-order valence-corrected chi connectivity index (χ3v) is 3.08. The van der Waals surface area contributed by atoms with Gasteiger partial charge in [0.1, 0.15) is 11.9 Å². The van der Waals surface area contributed by atoms with Crippen LogP contribution in [0.4, 0.5) is 4.39 Å². The van der Waals surface area contributed by atoms with Crippen molar-refractivity contribution in [3.05, 3.63) is 51.7 Å². The lowest BCUT2D eigenvalue weighted by Gasteiger charge is -2.03. The molecule has 1 aromatic heterocycles. The van der Waals surface area contributed by atoms with Crippen LogP contribution in [0.5, 0.6) is 0 Å². The molecule has 2 aromatic rings. The summed E-state index contributed by atoms with van der Waals surface area (Å²) >= 11 is 1.12. The molecule has 6 heteroatoms. The molecule has 90 valence electrons. The Hall–Kier alpha value is -2.13. The number of hydrogen-bond acceptors (Lipinski definition) is 4. The van der Waals surface area contributed by atoms with Crippen molar-refractivity contribution in [3.8, 4) is 6.07 Å².